The molecule has 0 unspecified atom stereocenters. The van der Waals surface area contributed by atoms with Crippen LogP contribution < -0.4 is 10.1 Å². The minimum absolute atomic E-state index is 0.314. The summed E-state index contributed by atoms with van der Waals surface area (Å²) in [6.07, 6.45) is 6.50. The number of benzene rings is 1. The summed E-state index contributed by atoms with van der Waals surface area (Å²) in [5.74, 6) is 1.94. The van der Waals surface area contributed by atoms with Crippen molar-refractivity contribution < 1.29 is 9.84 Å². The van der Waals surface area contributed by atoms with E-state index in [1.54, 1.807) is 13.2 Å². The zero-order valence-corrected chi connectivity index (χ0v) is 12.0. The van der Waals surface area contributed by atoms with E-state index in [0.717, 1.165) is 18.0 Å². The summed E-state index contributed by atoms with van der Waals surface area (Å²) < 4.78 is 5.09. The second-order valence-electron chi connectivity index (χ2n) is 5.50. The summed E-state index contributed by atoms with van der Waals surface area (Å²) in [4.78, 5) is 0. The van der Waals surface area contributed by atoms with E-state index in [1.807, 2.05) is 12.1 Å². The van der Waals surface area contributed by atoms with E-state index in [4.69, 9.17) is 4.74 Å². The molecule has 1 aromatic rings. The molecule has 0 radical (unpaired) electrons. The molecular weight excluding hydrogens is 238 g/mol. The number of ether oxygens (including phenoxy) is 1. The minimum atomic E-state index is 0.314. The summed E-state index contributed by atoms with van der Waals surface area (Å²) >= 11 is 0. The minimum Gasteiger partial charge on any atom is -0.507 e. The maximum Gasteiger partial charge on any atom is 0.123 e. The molecule has 0 heterocycles. The Labute approximate surface area is 116 Å². The standard InChI is InChI=1S/C16H25NO2/c1-3-12-4-7-14(8-5-12)17-11-13-6-9-15(19-2)10-16(13)18/h6,9-10,12,14,17-18H,3-5,7-8,11H2,1-2H3. The van der Waals surface area contributed by atoms with Crippen LogP contribution in [0, 0.1) is 5.92 Å². The molecule has 0 aromatic heterocycles. The van der Waals surface area contributed by atoms with Crippen molar-refractivity contribution in [3.8, 4) is 11.5 Å². The molecule has 19 heavy (non-hydrogen) atoms. The summed E-state index contributed by atoms with van der Waals surface area (Å²) in [6.45, 7) is 3.02. The number of rotatable bonds is 5. The first kappa shape index (κ1) is 14.2. The van der Waals surface area contributed by atoms with Gasteiger partial charge in [0.2, 0.25) is 0 Å². The molecule has 3 heteroatoms. The van der Waals surface area contributed by atoms with Crippen LogP contribution in [0.4, 0.5) is 0 Å². The fourth-order valence-electron chi connectivity index (χ4n) is 2.85. The quantitative estimate of drug-likeness (QED) is 0.855. The largest absolute Gasteiger partial charge is 0.507 e. The highest BCUT2D eigenvalue weighted by molar-refractivity contribution is 5.39. The zero-order valence-electron chi connectivity index (χ0n) is 12.0. The lowest BCUT2D eigenvalue weighted by atomic mass is 9.84. The third-order valence-electron chi connectivity index (χ3n) is 4.30. The van der Waals surface area contributed by atoms with Crippen LogP contribution in [0.15, 0.2) is 18.2 Å². The molecule has 2 N–H and O–H groups in total. The van der Waals surface area contributed by atoms with Gasteiger partial charge in [-0.3, -0.25) is 0 Å². The number of nitrogens with one attached hydrogen (secondary N) is 1. The molecule has 1 aliphatic rings. The first-order chi connectivity index (χ1) is 9.22. The third-order valence-corrected chi connectivity index (χ3v) is 4.30. The SMILES string of the molecule is CCC1CCC(NCc2ccc(OC)cc2O)CC1. The van der Waals surface area contributed by atoms with Crippen molar-refractivity contribution in [3.05, 3.63) is 23.8 Å². The van der Waals surface area contributed by atoms with Crippen molar-refractivity contribution in [2.24, 2.45) is 5.92 Å². The highest BCUT2D eigenvalue weighted by atomic mass is 16.5. The van der Waals surface area contributed by atoms with Gasteiger partial charge in [-0.05, 0) is 37.7 Å². The molecule has 1 aromatic carbocycles. The molecule has 0 bridgehead atoms. The van der Waals surface area contributed by atoms with Gasteiger partial charge in [-0.2, -0.15) is 0 Å². The van der Waals surface area contributed by atoms with E-state index >= 15 is 0 Å². The number of hydrogen-bond donors (Lipinski definition) is 2. The predicted molar refractivity (Wildman–Crippen MR) is 77.5 cm³/mol. The average Bonchev–Trinajstić information content (AvgIpc) is 2.46. The van der Waals surface area contributed by atoms with Gasteiger partial charge in [0, 0.05) is 24.2 Å². The average molecular weight is 263 g/mol. The summed E-state index contributed by atoms with van der Waals surface area (Å²) in [5, 5.41) is 13.5. The second-order valence-corrected chi connectivity index (χ2v) is 5.50. The molecule has 106 valence electrons. The Balaban J connectivity index is 1.82. The Kier molecular flexibility index (Phi) is 5.08. The van der Waals surface area contributed by atoms with E-state index in [1.165, 1.54) is 32.1 Å². The van der Waals surface area contributed by atoms with E-state index < -0.39 is 0 Å². The topological polar surface area (TPSA) is 41.5 Å². The van der Waals surface area contributed by atoms with Gasteiger partial charge in [0.25, 0.3) is 0 Å². The van der Waals surface area contributed by atoms with Crippen LogP contribution in [-0.2, 0) is 6.54 Å². The Hall–Kier alpha value is -1.22. The van der Waals surface area contributed by atoms with Crippen LogP contribution in [0.2, 0.25) is 0 Å². The lowest BCUT2D eigenvalue weighted by Gasteiger charge is -2.28. The van der Waals surface area contributed by atoms with Crippen LogP contribution in [0.25, 0.3) is 0 Å². The molecule has 0 spiro atoms. The highest BCUT2D eigenvalue weighted by Crippen LogP contribution is 2.27. The lowest BCUT2D eigenvalue weighted by Crippen LogP contribution is -2.32. The van der Waals surface area contributed by atoms with Crippen LogP contribution in [0.5, 0.6) is 11.5 Å². The number of phenolic OH excluding ortho intramolecular Hbond substituents is 1. The fraction of sp³-hybridized carbons (Fsp3) is 0.625. The van der Waals surface area contributed by atoms with Gasteiger partial charge in [-0.15, -0.1) is 0 Å². The third kappa shape index (κ3) is 3.87. The summed E-state index contributed by atoms with van der Waals surface area (Å²) in [7, 11) is 1.61. The van der Waals surface area contributed by atoms with Gasteiger partial charge in [0.15, 0.2) is 0 Å². The normalized spacial score (nSPS) is 23.3. The van der Waals surface area contributed by atoms with Gasteiger partial charge < -0.3 is 15.2 Å². The van der Waals surface area contributed by atoms with Crippen LogP contribution in [0.1, 0.15) is 44.6 Å². The number of phenols is 1. The molecule has 0 amide bonds. The molecule has 0 aliphatic heterocycles. The van der Waals surface area contributed by atoms with Gasteiger partial charge in [0.1, 0.15) is 11.5 Å². The lowest BCUT2D eigenvalue weighted by molar-refractivity contribution is 0.284. The van der Waals surface area contributed by atoms with Gasteiger partial charge in [-0.1, -0.05) is 19.4 Å². The number of hydrogen-bond acceptors (Lipinski definition) is 3. The molecule has 0 atom stereocenters. The van der Waals surface area contributed by atoms with E-state index in [-0.39, 0.29) is 0 Å². The molecule has 2 rings (SSSR count). The maximum absolute atomic E-state index is 9.91. The second kappa shape index (κ2) is 6.80. The van der Waals surface area contributed by atoms with Crippen molar-refractivity contribution in [3.63, 3.8) is 0 Å². The molecule has 1 fully saturated rings. The van der Waals surface area contributed by atoms with E-state index in [2.05, 4.69) is 12.2 Å². The Morgan fingerprint density at radius 2 is 2.00 bits per heavy atom. The van der Waals surface area contributed by atoms with E-state index in [0.29, 0.717) is 17.5 Å². The molecule has 1 aliphatic carbocycles. The first-order valence-electron chi connectivity index (χ1n) is 7.32. The molecule has 0 saturated heterocycles. The number of methoxy groups -OCH3 is 1. The van der Waals surface area contributed by atoms with Crippen LogP contribution >= 0.6 is 0 Å². The van der Waals surface area contributed by atoms with Crippen LogP contribution in [-0.4, -0.2) is 18.3 Å². The monoisotopic (exact) mass is 263 g/mol. The predicted octanol–water partition coefficient (Wildman–Crippen LogP) is 3.46. The highest BCUT2D eigenvalue weighted by Gasteiger charge is 2.19. The van der Waals surface area contributed by atoms with Crippen molar-refractivity contribution in [1.82, 2.24) is 5.32 Å². The van der Waals surface area contributed by atoms with Crippen molar-refractivity contribution >= 4 is 0 Å². The van der Waals surface area contributed by atoms with Gasteiger partial charge in [0.05, 0.1) is 7.11 Å². The molecular formula is C16H25NO2. The van der Waals surface area contributed by atoms with Crippen molar-refractivity contribution in [2.75, 3.05) is 7.11 Å². The fourth-order valence-corrected chi connectivity index (χ4v) is 2.85. The maximum atomic E-state index is 9.91. The van der Waals surface area contributed by atoms with E-state index in [9.17, 15) is 5.11 Å². The zero-order chi connectivity index (χ0) is 13.7. The number of aromatic hydroxyl groups is 1. The molecule has 3 nitrogen and oxygen atoms in total. The molecule has 1 saturated carbocycles. The Bertz CT molecular complexity index is 398. The van der Waals surface area contributed by atoms with Gasteiger partial charge in [-0.25, -0.2) is 0 Å². The van der Waals surface area contributed by atoms with Gasteiger partial charge >= 0.3 is 0 Å². The Morgan fingerprint density at radius 3 is 2.58 bits per heavy atom. The summed E-state index contributed by atoms with van der Waals surface area (Å²) in [6, 6.07) is 6.10. The van der Waals surface area contributed by atoms with Crippen molar-refractivity contribution in [1.29, 1.82) is 0 Å². The van der Waals surface area contributed by atoms with Crippen LogP contribution in [0.3, 0.4) is 0 Å². The van der Waals surface area contributed by atoms with Crippen molar-refractivity contribution in [2.45, 2.75) is 51.6 Å². The smallest absolute Gasteiger partial charge is 0.123 e. The first-order valence-corrected chi connectivity index (χ1v) is 7.32. The Morgan fingerprint density at radius 1 is 1.26 bits per heavy atom. The summed E-state index contributed by atoms with van der Waals surface area (Å²) in [5.41, 5.74) is 0.943.